The van der Waals surface area contributed by atoms with Gasteiger partial charge in [0.2, 0.25) is 0 Å². The molecule has 0 heterocycles. The van der Waals surface area contributed by atoms with E-state index < -0.39 is 6.29 Å². The lowest BCUT2D eigenvalue weighted by molar-refractivity contribution is -0.0757. The monoisotopic (exact) mass is 350 g/mol. The zero-order chi connectivity index (χ0) is 19.1. The first-order valence-electron chi connectivity index (χ1n) is 9.70. The number of aliphatic hydroxyl groups excluding tert-OH is 1. The highest BCUT2D eigenvalue weighted by molar-refractivity contribution is 5.31. The maximum atomic E-state index is 10.6. The van der Waals surface area contributed by atoms with E-state index in [2.05, 4.69) is 48.5 Å². The van der Waals surface area contributed by atoms with Crippen LogP contribution >= 0.6 is 0 Å². The second-order valence-corrected chi connectivity index (χ2v) is 8.86. The maximum absolute atomic E-state index is 10.6. The predicted molar refractivity (Wildman–Crippen MR) is 105 cm³/mol. The van der Waals surface area contributed by atoms with Crippen LogP contribution in [0.1, 0.15) is 80.6 Å². The number of rotatable bonds is 10. The van der Waals surface area contributed by atoms with Crippen molar-refractivity contribution in [1.29, 1.82) is 0 Å². The van der Waals surface area contributed by atoms with Gasteiger partial charge in [0.25, 0.3) is 0 Å². The number of benzene rings is 1. The predicted octanol–water partition coefficient (Wildman–Crippen LogP) is 6.19. The summed E-state index contributed by atoms with van der Waals surface area (Å²) >= 11 is 0. The fraction of sp³-hybridized carbons (Fsp3) is 0.727. The maximum Gasteiger partial charge on any atom is 0.200 e. The molecule has 0 aliphatic rings. The zero-order valence-corrected chi connectivity index (χ0v) is 17.3. The molecule has 1 aromatic rings. The Labute approximate surface area is 154 Å². The molecule has 0 amide bonds. The molecule has 0 fully saturated rings. The van der Waals surface area contributed by atoms with Crippen LogP contribution in [0.2, 0.25) is 0 Å². The van der Waals surface area contributed by atoms with Gasteiger partial charge in [0, 0.05) is 5.92 Å². The molecule has 0 bridgehead atoms. The van der Waals surface area contributed by atoms with Crippen molar-refractivity contribution < 1.29 is 14.6 Å². The normalized spacial score (nSPS) is 14.9. The summed E-state index contributed by atoms with van der Waals surface area (Å²) in [6, 6.07) is 7.56. The molecule has 0 aromatic heterocycles. The standard InChI is InChI=1S/C22H38O3/c1-8-10-11-17(16-21(3,4)5)20(23)24-18-12-14-19(15-13-18)25-22(6,7)9-2/h12-15,17,20,23H,8-11,16H2,1-7H3. The molecule has 1 N–H and O–H groups in total. The Morgan fingerprint density at radius 2 is 1.52 bits per heavy atom. The molecule has 1 rings (SSSR count). The van der Waals surface area contributed by atoms with Crippen LogP contribution in [0.15, 0.2) is 24.3 Å². The molecule has 0 aliphatic heterocycles. The fourth-order valence-electron chi connectivity index (χ4n) is 2.81. The van der Waals surface area contributed by atoms with Crippen molar-refractivity contribution in [3.63, 3.8) is 0 Å². The summed E-state index contributed by atoms with van der Waals surface area (Å²) in [5, 5.41) is 10.6. The first-order chi connectivity index (χ1) is 11.6. The van der Waals surface area contributed by atoms with E-state index in [1.165, 1.54) is 0 Å². The van der Waals surface area contributed by atoms with Crippen LogP contribution < -0.4 is 9.47 Å². The van der Waals surface area contributed by atoms with Crippen LogP contribution in [0.3, 0.4) is 0 Å². The van der Waals surface area contributed by atoms with Gasteiger partial charge in [-0.05, 0) is 62.8 Å². The van der Waals surface area contributed by atoms with Crippen LogP contribution in [0.5, 0.6) is 11.5 Å². The number of unbranched alkanes of at least 4 members (excludes halogenated alkanes) is 1. The van der Waals surface area contributed by atoms with E-state index in [0.29, 0.717) is 5.75 Å². The first kappa shape index (κ1) is 21.8. The molecule has 25 heavy (non-hydrogen) atoms. The Balaban J connectivity index is 2.71. The van der Waals surface area contributed by atoms with E-state index in [4.69, 9.17) is 9.47 Å². The SMILES string of the molecule is CCCCC(CC(C)(C)C)C(O)Oc1ccc(OC(C)(C)CC)cc1. The molecule has 0 saturated carbocycles. The van der Waals surface area contributed by atoms with Crippen molar-refractivity contribution in [3.05, 3.63) is 24.3 Å². The van der Waals surface area contributed by atoms with Crippen molar-refractivity contribution in [2.45, 2.75) is 92.5 Å². The van der Waals surface area contributed by atoms with Crippen LogP contribution in [-0.4, -0.2) is 17.0 Å². The average molecular weight is 351 g/mol. The molecule has 1 aromatic carbocycles. The number of hydrogen-bond donors (Lipinski definition) is 1. The molecule has 2 atom stereocenters. The largest absolute Gasteiger partial charge is 0.488 e. The van der Waals surface area contributed by atoms with Crippen LogP contribution in [-0.2, 0) is 0 Å². The highest BCUT2D eigenvalue weighted by Crippen LogP contribution is 2.31. The molecule has 2 unspecified atom stereocenters. The average Bonchev–Trinajstić information content (AvgIpc) is 2.52. The Morgan fingerprint density at radius 1 is 0.960 bits per heavy atom. The minimum absolute atomic E-state index is 0.148. The van der Waals surface area contributed by atoms with Gasteiger partial charge in [0.1, 0.15) is 17.1 Å². The van der Waals surface area contributed by atoms with E-state index in [-0.39, 0.29) is 16.9 Å². The van der Waals surface area contributed by atoms with Crippen molar-refractivity contribution in [2.24, 2.45) is 11.3 Å². The van der Waals surface area contributed by atoms with Gasteiger partial charge in [0.05, 0.1) is 0 Å². The Kier molecular flexibility index (Phi) is 8.27. The van der Waals surface area contributed by atoms with E-state index in [1.807, 2.05) is 24.3 Å². The van der Waals surface area contributed by atoms with Gasteiger partial charge in [-0.2, -0.15) is 0 Å². The third-order valence-electron chi connectivity index (χ3n) is 4.53. The first-order valence-corrected chi connectivity index (χ1v) is 9.70. The van der Waals surface area contributed by atoms with Crippen molar-refractivity contribution in [1.82, 2.24) is 0 Å². The van der Waals surface area contributed by atoms with E-state index in [1.54, 1.807) is 0 Å². The van der Waals surface area contributed by atoms with E-state index in [0.717, 1.165) is 37.9 Å². The van der Waals surface area contributed by atoms with Gasteiger partial charge in [-0.1, -0.05) is 47.5 Å². The third kappa shape index (κ3) is 8.62. The van der Waals surface area contributed by atoms with Gasteiger partial charge in [-0.3, -0.25) is 0 Å². The zero-order valence-electron chi connectivity index (χ0n) is 17.3. The van der Waals surface area contributed by atoms with Gasteiger partial charge in [-0.25, -0.2) is 0 Å². The topological polar surface area (TPSA) is 38.7 Å². The number of ether oxygens (including phenoxy) is 2. The molecule has 0 spiro atoms. The van der Waals surface area contributed by atoms with Gasteiger partial charge in [-0.15, -0.1) is 0 Å². The molecule has 0 aliphatic carbocycles. The molecule has 144 valence electrons. The Bertz CT molecular complexity index is 485. The summed E-state index contributed by atoms with van der Waals surface area (Å²) in [7, 11) is 0. The smallest absolute Gasteiger partial charge is 0.200 e. The summed E-state index contributed by atoms with van der Waals surface area (Å²) in [5.74, 6) is 1.66. The Morgan fingerprint density at radius 3 is 2.00 bits per heavy atom. The molecular weight excluding hydrogens is 312 g/mol. The van der Waals surface area contributed by atoms with E-state index >= 15 is 0 Å². The lowest BCUT2D eigenvalue weighted by Crippen LogP contribution is -2.30. The van der Waals surface area contributed by atoms with Crippen LogP contribution in [0.25, 0.3) is 0 Å². The quantitative estimate of drug-likeness (QED) is 0.511. The van der Waals surface area contributed by atoms with Crippen molar-refractivity contribution >= 4 is 0 Å². The molecule has 3 heteroatoms. The van der Waals surface area contributed by atoms with Crippen LogP contribution in [0, 0.1) is 11.3 Å². The van der Waals surface area contributed by atoms with E-state index in [9.17, 15) is 5.11 Å². The summed E-state index contributed by atoms with van der Waals surface area (Å²) in [4.78, 5) is 0. The van der Waals surface area contributed by atoms with Gasteiger partial charge >= 0.3 is 0 Å². The van der Waals surface area contributed by atoms with Crippen molar-refractivity contribution in [3.8, 4) is 11.5 Å². The lowest BCUT2D eigenvalue weighted by Gasteiger charge is -2.30. The lowest BCUT2D eigenvalue weighted by atomic mass is 9.82. The van der Waals surface area contributed by atoms with Gasteiger partial charge < -0.3 is 14.6 Å². The summed E-state index contributed by atoms with van der Waals surface area (Å²) < 4.78 is 11.8. The molecule has 3 nitrogen and oxygen atoms in total. The molecule has 0 saturated heterocycles. The number of aliphatic hydroxyl groups is 1. The summed E-state index contributed by atoms with van der Waals surface area (Å²) in [5.41, 5.74) is -0.00791. The minimum Gasteiger partial charge on any atom is -0.488 e. The van der Waals surface area contributed by atoms with Crippen molar-refractivity contribution in [2.75, 3.05) is 0 Å². The third-order valence-corrected chi connectivity index (χ3v) is 4.53. The molecular formula is C22H38O3. The highest BCUT2D eigenvalue weighted by Gasteiger charge is 2.26. The number of hydrogen-bond acceptors (Lipinski definition) is 3. The second kappa shape index (κ2) is 9.47. The fourth-order valence-corrected chi connectivity index (χ4v) is 2.81. The second-order valence-electron chi connectivity index (χ2n) is 8.86. The molecule has 0 radical (unpaired) electrons. The highest BCUT2D eigenvalue weighted by atomic mass is 16.6. The summed E-state index contributed by atoms with van der Waals surface area (Å²) in [6.07, 6.45) is 4.34. The minimum atomic E-state index is -0.773. The summed E-state index contributed by atoms with van der Waals surface area (Å²) in [6.45, 7) is 15.1. The van der Waals surface area contributed by atoms with Crippen LogP contribution in [0.4, 0.5) is 0 Å². The Hall–Kier alpha value is -1.22. The van der Waals surface area contributed by atoms with Gasteiger partial charge in [0.15, 0.2) is 6.29 Å².